The molecule has 0 aliphatic rings. The molecular weight excluding hydrogens is 352 g/mol. The molecule has 0 radical (unpaired) electrons. The van der Waals surface area contributed by atoms with Crippen LogP contribution < -0.4 is 22.1 Å². The number of carboxylic acid groups (broad SMARTS) is 1. The van der Waals surface area contributed by atoms with Gasteiger partial charge >= 0.3 is 12.0 Å². The van der Waals surface area contributed by atoms with Crippen LogP contribution in [0.3, 0.4) is 0 Å². The average molecular weight is 374 g/mol. The molecule has 1 aromatic rings. The highest BCUT2D eigenvalue weighted by atomic mass is 16.5. The van der Waals surface area contributed by atoms with Crippen LogP contribution in [0.15, 0.2) is 4.52 Å². The monoisotopic (exact) mass is 374 g/mol. The number of rotatable bonds is 10. The third kappa shape index (κ3) is 6.27. The van der Waals surface area contributed by atoms with Crippen molar-refractivity contribution >= 4 is 17.9 Å². The van der Waals surface area contributed by atoms with Crippen LogP contribution in [0, 0.1) is 0 Å². The van der Waals surface area contributed by atoms with E-state index in [-0.39, 0.29) is 24.7 Å². The topological polar surface area (TPSA) is 227 Å². The van der Waals surface area contributed by atoms with Crippen LogP contribution in [0.25, 0.3) is 0 Å². The number of nitrogens with one attached hydrogen (secondary N) is 2. The molecule has 0 aromatic carbocycles. The van der Waals surface area contributed by atoms with E-state index in [1.54, 1.807) is 0 Å². The van der Waals surface area contributed by atoms with Gasteiger partial charge in [0.15, 0.2) is 11.9 Å². The Balaban J connectivity index is 2.89. The predicted molar refractivity (Wildman–Crippen MR) is 84.3 cm³/mol. The third-order valence-electron chi connectivity index (χ3n) is 3.27. The maximum Gasteiger partial charge on any atom is 0.328 e. The van der Waals surface area contributed by atoms with E-state index in [1.165, 1.54) is 6.92 Å². The van der Waals surface area contributed by atoms with E-state index in [9.17, 15) is 19.5 Å². The summed E-state index contributed by atoms with van der Waals surface area (Å²) >= 11 is 0. The molecule has 146 valence electrons. The fourth-order valence-corrected chi connectivity index (χ4v) is 1.94. The lowest BCUT2D eigenvalue weighted by molar-refractivity contribution is -0.141. The molecule has 0 bridgehead atoms. The molecule has 0 aliphatic heterocycles. The van der Waals surface area contributed by atoms with Crippen molar-refractivity contribution in [2.75, 3.05) is 6.61 Å². The molecule has 26 heavy (non-hydrogen) atoms. The second-order valence-electron chi connectivity index (χ2n) is 5.51. The molecule has 0 spiro atoms. The summed E-state index contributed by atoms with van der Waals surface area (Å²) in [6.45, 7) is 0.985. The molecule has 1 heterocycles. The highest BCUT2D eigenvalue weighted by Gasteiger charge is 2.29. The molecule has 0 saturated carbocycles. The highest BCUT2D eigenvalue weighted by Crippen LogP contribution is 2.17. The number of aliphatic carboxylic acids is 1. The first-order chi connectivity index (χ1) is 12.1. The van der Waals surface area contributed by atoms with Crippen molar-refractivity contribution in [3.8, 4) is 0 Å². The number of carbonyl (C=O) groups excluding carboxylic acids is 2. The molecule has 13 heteroatoms. The number of carboxylic acids is 1. The van der Waals surface area contributed by atoms with Crippen LogP contribution in [0.5, 0.6) is 0 Å². The Bertz CT molecular complexity index is 634. The summed E-state index contributed by atoms with van der Waals surface area (Å²) in [4.78, 5) is 38.1. The molecule has 1 rings (SSSR count). The van der Waals surface area contributed by atoms with E-state index in [0.717, 1.165) is 0 Å². The van der Waals surface area contributed by atoms with Crippen LogP contribution in [0.1, 0.15) is 43.6 Å². The number of primary amides is 1. The Hall–Kier alpha value is -2.77. The summed E-state index contributed by atoms with van der Waals surface area (Å²) in [5.41, 5.74) is 10.9. The molecule has 0 aliphatic carbocycles. The van der Waals surface area contributed by atoms with Crippen LogP contribution in [-0.2, 0) is 9.59 Å². The van der Waals surface area contributed by atoms with E-state index in [2.05, 4.69) is 15.5 Å². The number of nitrogens with zero attached hydrogens (tertiary/aromatic N) is 2. The summed E-state index contributed by atoms with van der Waals surface area (Å²) in [6.07, 6.45) is -1.60. The van der Waals surface area contributed by atoms with Crippen molar-refractivity contribution in [3.63, 3.8) is 0 Å². The van der Waals surface area contributed by atoms with Gasteiger partial charge < -0.3 is 41.9 Å². The number of hydrogen-bond donors (Lipinski definition) is 7. The second-order valence-corrected chi connectivity index (χ2v) is 5.51. The summed E-state index contributed by atoms with van der Waals surface area (Å²) in [5.74, 6) is -2.36. The summed E-state index contributed by atoms with van der Waals surface area (Å²) < 4.78 is 4.96. The average Bonchev–Trinajstić information content (AvgIpc) is 3.01. The van der Waals surface area contributed by atoms with Crippen LogP contribution in [0.4, 0.5) is 4.79 Å². The van der Waals surface area contributed by atoms with Gasteiger partial charge in [0.1, 0.15) is 6.04 Å². The van der Waals surface area contributed by atoms with Gasteiger partial charge in [-0.05, 0) is 13.3 Å². The SMILES string of the molecule is CC(O)[C@@H](NC(=O)N[C@@H](CC(N)=O)c1nc([C@@H](N)CCO)no1)C(=O)O. The number of aliphatic hydroxyl groups is 2. The number of hydrogen-bond acceptors (Lipinski definition) is 9. The molecular formula is C13H22N6O7. The predicted octanol–water partition coefficient (Wildman–Crippen LogP) is -2.50. The van der Waals surface area contributed by atoms with Gasteiger partial charge in [-0.3, -0.25) is 4.79 Å². The largest absolute Gasteiger partial charge is 0.480 e. The normalized spacial score (nSPS) is 15.5. The van der Waals surface area contributed by atoms with E-state index in [1.807, 2.05) is 5.32 Å². The Labute approximate surface area is 147 Å². The fraction of sp³-hybridized carbons (Fsp3) is 0.615. The van der Waals surface area contributed by atoms with Crippen LogP contribution in [-0.4, -0.2) is 62.1 Å². The zero-order chi connectivity index (χ0) is 19.9. The van der Waals surface area contributed by atoms with E-state index >= 15 is 0 Å². The van der Waals surface area contributed by atoms with Gasteiger partial charge in [0.05, 0.1) is 18.6 Å². The highest BCUT2D eigenvalue weighted by molar-refractivity contribution is 5.83. The minimum atomic E-state index is -1.57. The lowest BCUT2D eigenvalue weighted by Crippen LogP contribution is -2.52. The van der Waals surface area contributed by atoms with Crippen molar-refractivity contribution in [2.24, 2.45) is 11.5 Å². The first kappa shape index (κ1) is 21.3. The zero-order valence-corrected chi connectivity index (χ0v) is 14.0. The second kappa shape index (κ2) is 9.65. The number of nitrogens with two attached hydrogens (primary N) is 2. The van der Waals surface area contributed by atoms with Gasteiger partial charge in [-0.2, -0.15) is 4.98 Å². The lowest BCUT2D eigenvalue weighted by Gasteiger charge is -2.19. The smallest absolute Gasteiger partial charge is 0.328 e. The quantitative estimate of drug-likeness (QED) is 0.228. The maximum atomic E-state index is 12.0. The molecule has 0 fully saturated rings. The third-order valence-corrected chi connectivity index (χ3v) is 3.27. The van der Waals surface area contributed by atoms with Gasteiger partial charge in [-0.25, -0.2) is 9.59 Å². The number of urea groups is 1. The van der Waals surface area contributed by atoms with Gasteiger partial charge in [-0.1, -0.05) is 5.16 Å². The Morgan fingerprint density at radius 1 is 1.31 bits per heavy atom. The van der Waals surface area contributed by atoms with Crippen molar-refractivity contribution in [3.05, 3.63) is 11.7 Å². The van der Waals surface area contributed by atoms with Gasteiger partial charge in [0.2, 0.25) is 11.8 Å². The van der Waals surface area contributed by atoms with E-state index < -0.39 is 48.6 Å². The molecule has 13 nitrogen and oxygen atoms in total. The molecule has 0 saturated heterocycles. The first-order valence-corrected chi connectivity index (χ1v) is 7.61. The molecule has 1 aromatic heterocycles. The minimum absolute atomic E-state index is 0.0538. The van der Waals surface area contributed by atoms with Gasteiger partial charge in [0, 0.05) is 6.61 Å². The molecule has 3 amide bonds. The molecule has 1 unspecified atom stereocenters. The first-order valence-electron chi connectivity index (χ1n) is 7.61. The number of amides is 3. The standard InChI is InChI=1S/C13H22N6O7/c1-5(21)9(12(23)24)17-13(25)16-7(4-8(15)22)11-18-10(19-26-11)6(14)2-3-20/h5-7,9,20-21H,2-4,14H2,1H3,(H2,15,22)(H,23,24)(H2,16,17,25)/t5?,6-,7-,9+/m0/s1. The summed E-state index contributed by atoms with van der Waals surface area (Å²) in [5, 5.41) is 35.1. The van der Waals surface area contributed by atoms with Crippen molar-refractivity contribution in [2.45, 2.75) is 44.0 Å². The minimum Gasteiger partial charge on any atom is -0.480 e. The Morgan fingerprint density at radius 3 is 2.46 bits per heavy atom. The number of aromatic nitrogens is 2. The summed E-state index contributed by atoms with van der Waals surface area (Å²) in [7, 11) is 0. The number of aliphatic hydroxyl groups excluding tert-OH is 2. The van der Waals surface area contributed by atoms with Gasteiger partial charge in [-0.15, -0.1) is 0 Å². The summed E-state index contributed by atoms with van der Waals surface area (Å²) in [6, 6.07) is -4.42. The van der Waals surface area contributed by atoms with Crippen molar-refractivity contribution in [1.29, 1.82) is 0 Å². The van der Waals surface area contributed by atoms with Crippen molar-refractivity contribution in [1.82, 2.24) is 20.8 Å². The van der Waals surface area contributed by atoms with E-state index in [4.69, 9.17) is 26.2 Å². The van der Waals surface area contributed by atoms with Gasteiger partial charge in [0.25, 0.3) is 0 Å². The zero-order valence-electron chi connectivity index (χ0n) is 14.0. The lowest BCUT2D eigenvalue weighted by atomic mass is 10.2. The molecule has 9 N–H and O–H groups in total. The maximum absolute atomic E-state index is 12.0. The Kier molecular flexibility index (Phi) is 7.89. The van der Waals surface area contributed by atoms with Crippen molar-refractivity contribution < 1.29 is 34.2 Å². The molecule has 4 atom stereocenters. The Morgan fingerprint density at radius 2 is 1.96 bits per heavy atom. The van der Waals surface area contributed by atoms with Crippen LogP contribution >= 0.6 is 0 Å². The number of carbonyl (C=O) groups is 3. The van der Waals surface area contributed by atoms with Crippen LogP contribution in [0.2, 0.25) is 0 Å². The fourth-order valence-electron chi connectivity index (χ4n) is 1.94. The van der Waals surface area contributed by atoms with E-state index in [0.29, 0.717) is 0 Å².